The second kappa shape index (κ2) is 13.2. The second-order valence-electron chi connectivity index (χ2n) is 12.0. The number of carboxylic acid groups (broad SMARTS) is 1. The van der Waals surface area contributed by atoms with Gasteiger partial charge in [0.25, 0.3) is 6.43 Å². The van der Waals surface area contributed by atoms with Crippen LogP contribution in [0.4, 0.5) is 20.2 Å². The van der Waals surface area contributed by atoms with Crippen molar-refractivity contribution in [1.29, 1.82) is 5.41 Å². The fraction of sp³-hybridized carbons (Fsp3) is 0.484. The molecule has 0 aliphatic carbocycles. The van der Waals surface area contributed by atoms with Gasteiger partial charge in [0.05, 0.1) is 5.70 Å². The summed E-state index contributed by atoms with van der Waals surface area (Å²) in [6.07, 6.45) is -1.24. The number of anilines is 2. The molecule has 2 aliphatic heterocycles. The lowest BCUT2D eigenvalue weighted by atomic mass is 9.95. The number of aliphatic carboxylic acids is 1. The van der Waals surface area contributed by atoms with Gasteiger partial charge < -0.3 is 25.6 Å². The normalized spacial score (nSPS) is 19.2. The van der Waals surface area contributed by atoms with Crippen LogP contribution < -0.4 is 15.1 Å². The molecule has 0 radical (unpaired) electrons. The average Bonchev–Trinajstić information content (AvgIpc) is 2.92. The number of carboxylic acids is 1. The van der Waals surface area contributed by atoms with E-state index >= 15 is 0 Å². The molecule has 0 amide bonds. The van der Waals surface area contributed by atoms with Crippen molar-refractivity contribution in [1.82, 2.24) is 10.2 Å². The smallest absolute Gasteiger partial charge is 0.339 e. The molecule has 1 atom stereocenters. The molecule has 2 aliphatic rings. The number of carbonyl (C=O) groups is 1. The Bertz CT molecular complexity index is 1250. The van der Waals surface area contributed by atoms with E-state index in [1.165, 1.54) is 5.69 Å². The Balaban J connectivity index is 1.50. The van der Waals surface area contributed by atoms with Crippen LogP contribution in [0.5, 0.6) is 0 Å². The highest BCUT2D eigenvalue weighted by Gasteiger charge is 2.28. The maximum atomic E-state index is 13.7. The van der Waals surface area contributed by atoms with Gasteiger partial charge in [-0.1, -0.05) is 50.6 Å². The van der Waals surface area contributed by atoms with Crippen molar-refractivity contribution in [3.8, 4) is 11.1 Å². The molecule has 0 saturated carbocycles. The van der Waals surface area contributed by atoms with Crippen molar-refractivity contribution in [2.75, 3.05) is 55.6 Å². The van der Waals surface area contributed by atoms with Gasteiger partial charge in [0.2, 0.25) is 0 Å². The van der Waals surface area contributed by atoms with Crippen molar-refractivity contribution in [2.45, 2.75) is 46.1 Å². The second-order valence-corrected chi connectivity index (χ2v) is 12.5. The van der Waals surface area contributed by atoms with E-state index in [9.17, 15) is 18.7 Å². The summed E-state index contributed by atoms with van der Waals surface area (Å²) >= 11 is 6.41. The van der Waals surface area contributed by atoms with Gasteiger partial charge in [0.1, 0.15) is 5.57 Å². The minimum absolute atomic E-state index is 0.286. The van der Waals surface area contributed by atoms with E-state index in [0.29, 0.717) is 30.7 Å². The zero-order valence-corrected chi connectivity index (χ0v) is 24.7. The standard InChI is InChI=1S/C31H40ClF2N5O2/c1-31(2,3)20-37-13-15-38(16-14-37)24-9-6-21(7-10-24)25-11-8-22(32)17-27(25)39-12-4-5-23(19-39)36-28(29(33)34)26(18-35)30(40)41/h6-11,17-18,23,29,35-36H,4-5,12-16,19-20H2,1-3H3,(H,40,41)/b28-26+,35-18?. The van der Waals surface area contributed by atoms with E-state index in [4.69, 9.17) is 17.0 Å². The van der Waals surface area contributed by atoms with Crippen molar-refractivity contribution >= 4 is 35.2 Å². The number of hydrogen-bond donors (Lipinski definition) is 3. The monoisotopic (exact) mass is 587 g/mol. The topological polar surface area (TPSA) is 82.9 Å². The van der Waals surface area contributed by atoms with Crippen molar-refractivity contribution < 1.29 is 18.7 Å². The SMILES string of the molecule is CC(C)(C)CN1CCN(c2ccc(-c3ccc(Cl)cc3N3CCCC(N/C(=C(\C=N)C(=O)O)C(F)F)C3)cc2)CC1. The Morgan fingerprint density at radius 1 is 1.10 bits per heavy atom. The highest BCUT2D eigenvalue weighted by Crippen LogP contribution is 2.36. The van der Waals surface area contributed by atoms with Crippen LogP contribution in [-0.2, 0) is 4.79 Å². The third-order valence-electron chi connectivity index (χ3n) is 7.58. The molecule has 0 aromatic heterocycles. The fourth-order valence-electron chi connectivity index (χ4n) is 5.74. The van der Waals surface area contributed by atoms with Gasteiger partial charge >= 0.3 is 5.97 Å². The lowest BCUT2D eigenvalue weighted by Gasteiger charge is -2.39. The van der Waals surface area contributed by atoms with Gasteiger partial charge in [-0.05, 0) is 48.1 Å². The molecule has 2 heterocycles. The number of rotatable bonds is 9. The Labute approximate surface area is 246 Å². The molecule has 2 saturated heterocycles. The van der Waals surface area contributed by atoms with Crippen LogP contribution in [0.1, 0.15) is 33.6 Å². The summed E-state index contributed by atoms with van der Waals surface area (Å²) in [5.41, 5.74) is 2.96. The van der Waals surface area contributed by atoms with Crippen LogP contribution in [0.3, 0.4) is 0 Å². The number of allylic oxidation sites excluding steroid dienone is 1. The maximum absolute atomic E-state index is 13.7. The Hall–Kier alpha value is -3.17. The fourth-order valence-corrected chi connectivity index (χ4v) is 5.91. The third kappa shape index (κ3) is 7.98. The summed E-state index contributed by atoms with van der Waals surface area (Å²) in [6.45, 7) is 13.1. The summed E-state index contributed by atoms with van der Waals surface area (Å²) in [5.74, 6) is -1.55. The van der Waals surface area contributed by atoms with Crippen molar-refractivity contribution in [3.05, 3.63) is 58.8 Å². The predicted molar refractivity (Wildman–Crippen MR) is 163 cm³/mol. The van der Waals surface area contributed by atoms with Crippen molar-refractivity contribution in [2.24, 2.45) is 5.41 Å². The van der Waals surface area contributed by atoms with Crippen molar-refractivity contribution in [3.63, 3.8) is 0 Å². The molecule has 3 N–H and O–H groups in total. The number of halogens is 3. The van der Waals surface area contributed by atoms with Crippen LogP contribution in [0.2, 0.25) is 5.02 Å². The molecule has 0 bridgehead atoms. The largest absolute Gasteiger partial charge is 0.478 e. The number of piperidine rings is 1. The van der Waals surface area contributed by atoms with Gasteiger partial charge in [-0.2, -0.15) is 0 Å². The van der Waals surface area contributed by atoms with Gasteiger partial charge in [-0.3, -0.25) is 4.90 Å². The number of alkyl halides is 2. The summed E-state index contributed by atoms with van der Waals surface area (Å²) in [4.78, 5) is 18.5. The number of nitrogens with one attached hydrogen (secondary N) is 2. The number of nitrogens with zero attached hydrogens (tertiary/aromatic N) is 3. The zero-order valence-electron chi connectivity index (χ0n) is 24.0. The van der Waals surface area contributed by atoms with E-state index < -0.39 is 29.7 Å². The predicted octanol–water partition coefficient (Wildman–Crippen LogP) is 5.99. The molecule has 2 aromatic carbocycles. The van der Waals surface area contributed by atoms with Gasteiger partial charge in [-0.25, -0.2) is 13.6 Å². The first-order valence-electron chi connectivity index (χ1n) is 14.1. The lowest BCUT2D eigenvalue weighted by Crippen LogP contribution is -2.48. The molecule has 2 aromatic rings. The minimum Gasteiger partial charge on any atom is -0.478 e. The highest BCUT2D eigenvalue weighted by molar-refractivity contribution is 6.31. The molecule has 10 heteroatoms. The Morgan fingerprint density at radius 3 is 2.37 bits per heavy atom. The average molecular weight is 588 g/mol. The Morgan fingerprint density at radius 2 is 1.78 bits per heavy atom. The molecular weight excluding hydrogens is 548 g/mol. The molecule has 222 valence electrons. The summed E-state index contributed by atoms with van der Waals surface area (Å²) in [7, 11) is 0. The Kier molecular flexibility index (Phi) is 9.92. The van der Waals surface area contributed by atoms with Crippen LogP contribution >= 0.6 is 11.6 Å². The molecular formula is C31H40ClF2N5O2. The highest BCUT2D eigenvalue weighted by atomic mass is 35.5. The molecule has 4 rings (SSSR count). The van der Waals surface area contributed by atoms with Crippen LogP contribution in [-0.4, -0.2) is 80.5 Å². The van der Waals surface area contributed by atoms with Gasteiger partial charge in [-0.15, -0.1) is 0 Å². The van der Waals surface area contributed by atoms with Gasteiger partial charge in [0.15, 0.2) is 0 Å². The third-order valence-corrected chi connectivity index (χ3v) is 7.81. The lowest BCUT2D eigenvalue weighted by molar-refractivity contribution is -0.132. The first-order valence-corrected chi connectivity index (χ1v) is 14.5. The number of piperazine rings is 1. The van der Waals surface area contributed by atoms with E-state index in [1.54, 1.807) is 0 Å². The van der Waals surface area contributed by atoms with E-state index in [-0.39, 0.29) is 5.41 Å². The van der Waals surface area contributed by atoms with E-state index in [1.807, 2.05) is 18.2 Å². The quantitative estimate of drug-likeness (QED) is 0.247. The number of benzene rings is 2. The summed E-state index contributed by atoms with van der Waals surface area (Å²) in [5, 5.41) is 19.9. The van der Waals surface area contributed by atoms with Crippen LogP contribution in [0.25, 0.3) is 11.1 Å². The summed E-state index contributed by atoms with van der Waals surface area (Å²) < 4.78 is 27.5. The first-order chi connectivity index (χ1) is 19.4. The van der Waals surface area contributed by atoms with Crippen LogP contribution in [0, 0.1) is 10.8 Å². The van der Waals surface area contributed by atoms with E-state index in [0.717, 1.165) is 56.0 Å². The molecule has 41 heavy (non-hydrogen) atoms. The molecule has 7 nitrogen and oxygen atoms in total. The minimum atomic E-state index is -3.03. The maximum Gasteiger partial charge on any atom is 0.339 e. The summed E-state index contributed by atoms with van der Waals surface area (Å²) in [6, 6.07) is 13.9. The molecule has 2 fully saturated rings. The molecule has 1 unspecified atom stereocenters. The first kappa shape index (κ1) is 30.8. The molecule has 0 spiro atoms. The van der Waals surface area contributed by atoms with Crippen LogP contribution in [0.15, 0.2) is 53.7 Å². The zero-order chi connectivity index (χ0) is 29.7. The number of hydrogen-bond acceptors (Lipinski definition) is 6. The van der Waals surface area contributed by atoms with Gasteiger partial charge in [0, 0.05) is 80.0 Å². The van der Waals surface area contributed by atoms with E-state index in [2.05, 4.69) is 65.1 Å².